The van der Waals surface area contributed by atoms with Gasteiger partial charge in [-0.3, -0.25) is 0 Å². The summed E-state index contributed by atoms with van der Waals surface area (Å²) in [5, 5.41) is 12.0. The lowest BCUT2D eigenvalue weighted by Crippen LogP contribution is -2.00. The van der Waals surface area contributed by atoms with E-state index in [0.717, 1.165) is 36.5 Å². The first-order valence-corrected chi connectivity index (χ1v) is 5.97. The summed E-state index contributed by atoms with van der Waals surface area (Å²) in [6, 6.07) is 9.48. The van der Waals surface area contributed by atoms with Crippen LogP contribution in [0.15, 0.2) is 30.6 Å². The Morgan fingerprint density at radius 1 is 1.11 bits per heavy atom. The van der Waals surface area contributed by atoms with E-state index in [1.165, 1.54) is 5.56 Å². The van der Waals surface area contributed by atoms with E-state index in [4.69, 9.17) is 5.26 Å². The van der Waals surface area contributed by atoms with Crippen LogP contribution in [0.4, 0.5) is 11.5 Å². The van der Waals surface area contributed by atoms with Gasteiger partial charge >= 0.3 is 0 Å². The van der Waals surface area contributed by atoms with Gasteiger partial charge in [0, 0.05) is 16.9 Å². The highest BCUT2D eigenvalue weighted by molar-refractivity contribution is 5.85. The number of nitrogens with one attached hydrogen (secondary N) is 1. The molecule has 1 aromatic carbocycles. The number of aromatic nitrogens is 2. The molecule has 0 unspecified atom stereocenters. The Balaban J connectivity index is 0.00000133. The van der Waals surface area contributed by atoms with Crippen LogP contribution in [0.2, 0.25) is 0 Å². The van der Waals surface area contributed by atoms with Crippen LogP contribution in [-0.4, -0.2) is 9.97 Å². The van der Waals surface area contributed by atoms with Gasteiger partial charge in [-0.05, 0) is 43.5 Å². The number of hydrogen-bond donors (Lipinski definition) is 1. The summed E-state index contributed by atoms with van der Waals surface area (Å²) in [6.45, 7) is 0. The lowest BCUT2D eigenvalue weighted by Gasteiger charge is -2.09. The highest BCUT2D eigenvalue weighted by atomic mass is 35.5. The third kappa shape index (κ3) is 2.67. The van der Waals surface area contributed by atoms with Crippen molar-refractivity contribution in [2.24, 2.45) is 0 Å². The van der Waals surface area contributed by atoms with Crippen LogP contribution in [0.5, 0.6) is 0 Å². The number of fused-ring (bicyclic) bond motifs is 1. The first-order chi connectivity index (χ1) is 8.86. The molecule has 96 valence electrons. The lowest BCUT2D eigenvalue weighted by molar-refractivity contribution is 0.899. The van der Waals surface area contributed by atoms with Crippen molar-refractivity contribution in [3.8, 4) is 6.07 Å². The van der Waals surface area contributed by atoms with Crippen LogP contribution >= 0.6 is 12.4 Å². The summed E-state index contributed by atoms with van der Waals surface area (Å²) in [5.41, 5.74) is 3.98. The molecule has 0 radical (unpaired) electrons. The van der Waals surface area contributed by atoms with Crippen LogP contribution in [0, 0.1) is 11.3 Å². The van der Waals surface area contributed by atoms with Gasteiger partial charge in [0.2, 0.25) is 0 Å². The van der Waals surface area contributed by atoms with E-state index in [-0.39, 0.29) is 12.4 Å². The second-order valence-electron chi connectivity index (χ2n) is 4.32. The molecule has 0 bridgehead atoms. The van der Waals surface area contributed by atoms with Crippen molar-refractivity contribution in [1.29, 1.82) is 5.26 Å². The Morgan fingerprint density at radius 3 is 2.63 bits per heavy atom. The van der Waals surface area contributed by atoms with E-state index in [2.05, 4.69) is 21.4 Å². The average Bonchev–Trinajstić information content (AvgIpc) is 2.89. The number of hydrogen-bond acceptors (Lipinski definition) is 4. The zero-order chi connectivity index (χ0) is 12.4. The highest BCUT2D eigenvalue weighted by Crippen LogP contribution is 2.27. The number of rotatable bonds is 2. The normalized spacial score (nSPS) is 12.2. The minimum atomic E-state index is 0. The van der Waals surface area contributed by atoms with Crippen molar-refractivity contribution in [3.63, 3.8) is 0 Å². The van der Waals surface area contributed by atoms with Crippen molar-refractivity contribution >= 4 is 23.9 Å². The van der Waals surface area contributed by atoms with Gasteiger partial charge in [0.05, 0.1) is 11.6 Å². The van der Waals surface area contributed by atoms with Crippen LogP contribution in [0.25, 0.3) is 0 Å². The second-order valence-corrected chi connectivity index (χ2v) is 4.32. The molecule has 1 aromatic heterocycles. The summed E-state index contributed by atoms with van der Waals surface area (Å²) in [4.78, 5) is 8.60. The molecule has 0 atom stereocenters. The maximum Gasteiger partial charge on any atom is 0.137 e. The Morgan fingerprint density at radius 2 is 1.89 bits per heavy atom. The predicted octanol–water partition coefficient (Wildman–Crippen LogP) is 3.00. The fraction of sp³-hybridized carbons (Fsp3) is 0.214. The topological polar surface area (TPSA) is 61.6 Å². The first-order valence-electron chi connectivity index (χ1n) is 5.97. The Hall–Kier alpha value is -2.12. The van der Waals surface area contributed by atoms with Gasteiger partial charge in [0.25, 0.3) is 0 Å². The Kier molecular flexibility index (Phi) is 3.98. The lowest BCUT2D eigenvalue weighted by atomic mass is 10.2. The third-order valence-corrected chi connectivity index (χ3v) is 3.15. The molecule has 1 aliphatic carbocycles. The molecule has 0 saturated carbocycles. The van der Waals surface area contributed by atoms with E-state index in [1.807, 2.05) is 12.1 Å². The molecule has 0 spiro atoms. The Labute approximate surface area is 117 Å². The molecule has 0 aliphatic heterocycles. The zero-order valence-corrected chi connectivity index (χ0v) is 11.1. The molecule has 0 saturated heterocycles. The van der Waals surface area contributed by atoms with E-state index >= 15 is 0 Å². The third-order valence-electron chi connectivity index (χ3n) is 3.15. The molecule has 1 N–H and O–H groups in total. The highest BCUT2D eigenvalue weighted by Gasteiger charge is 2.16. The molecule has 19 heavy (non-hydrogen) atoms. The molecule has 4 nitrogen and oxygen atoms in total. The largest absolute Gasteiger partial charge is 0.340 e. The fourth-order valence-electron chi connectivity index (χ4n) is 2.23. The number of nitriles is 1. The van der Waals surface area contributed by atoms with Gasteiger partial charge in [0.15, 0.2) is 0 Å². The number of benzene rings is 1. The van der Waals surface area contributed by atoms with Gasteiger partial charge in [-0.25, -0.2) is 9.97 Å². The van der Waals surface area contributed by atoms with E-state index in [1.54, 1.807) is 18.5 Å². The van der Waals surface area contributed by atoms with Gasteiger partial charge in [-0.2, -0.15) is 5.26 Å². The zero-order valence-electron chi connectivity index (χ0n) is 10.3. The first kappa shape index (κ1) is 13.3. The SMILES string of the molecule is Cl.N#Cc1ccc(Nc2ncnc3c2CCC3)cc1. The maximum atomic E-state index is 8.75. The van der Waals surface area contributed by atoms with Gasteiger partial charge < -0.3 is 5.32 Å². The van der Waals surface area contributed by atoms with E-state index < -0.39 is 0 Å². The number of halogens is 1. The number of nitrogens with zero attached hydrogens (tertiary/aromatic N) is 3. The minimum Gasteiger partial charge on any atom is -0.340 e. The Bertz CT molecular complexity index is 616. The monoisotopic (exact) mass is 272 g/mol. The smallest absolute Gasteiger partial charge is 0.137 e. The van der Waals surface area contributed by atoms with Crippen LogP contribution in [0.1, 0.15) is 23.2 Å². The van der Waals surface area contributed by atoms with Gasteiger partial charge in [-0.1, -0.05) is 0 Å². The summed E-state index contributed by atoms with van der Waals surface area (Å²) in [5.74, 6) is 0.891. The predicted molar refractivity (Wildman–Crippen MR) is 75.7 cm³/mol. The van der Waals surface area contributed by atoms with Crippen molar-refractivity contribution < 1.29 is 0 Å². The van der Waals surface area contributed by atoms with E-state index in [0.29, 0.717) is 5.56 Å². The molecular weight excluding hydrogens is 260 g/mol. The molecule has 1 aliphatic rings. The maximum absolute atomic E-state index is 8.75. The molecule has 0 fully saturated rings. The van der Waals surface area contributed by atoms with Crippen molar-refractivity contribution in [2.45, 2.75) is 19.3 Å². The minimum absolute atomic E-state index is 0. The molecule has 5 heteroatoms. The standard InChI is InChI=1S/C14H12N4.ClH/c15-8-10-4-6-11(7-5-10)18-14-12-2-1-3-13(12)16-9-17-14;/h4-7,9H,1-3H2,(H,16,17,18);1H. The molecule has 3 rings (SSSR count). The van der Waals surface area contributed by atoms with E-state index in [9.17, 15) is 0 Å². The van der Waals surface area contributed by atoms with Crippen LogP contribution in [-0.2, 0) is 12.8 Å². The summed E-state index contributed by atoms with van der Waals surface area (Å²) in [7, 11) is 0. The quantitative estimate of drug-likeness (QED) is 0.913. The van der Waals surface area contributed by atoms with Crippen LogP contribution < -0.4 is 5.32 Å². The fourth-order valence-corrected chi connectivity index (χ4v) is 2.23. The van der Waals surface area contributed by atoms with Crippen molar-refractivity contribution in [2.75, 3.05) is 5.32 Å². The summed E-state index contributed by atoms with van der Waals surface area (Å²) < 4.78 is 0. The molecule has 2 aromatic rings. The molecule has 1 heterocycles. The van der Waals surface area contributed by atoms with Gasteiger partial charge in [-0.15, -0.1) is 12.4 Å². The summed E-state index contributed by atoms with van der Waals surface area (Å²) in [6.07, 6.45) is 4.83. The van der Waals surface area contributed by atoms with Gasteiger partial charge in [0.1, 0.15) is 12.1 Å². The number of aryl methyl sites for hydroxylation is 1. The van der Waals surface area contributed by atoms with Crippen LogP contribution in [0.3, 0.4) is 0 Å². The average molecular weight is 273 g/mol. The van der Waals surface area contributed by atoms with Crippen molar-refractivity contribution in [1.82, 2.24) is 9.97 Å². The van der Waals surface area contributed by atoms with Crippen molar-refractivity contribution in [3.05, 3.63) is 47.4 Å². The number of anilines is 2. The molecular formula is C14H13ClN4. The second kappa shape index (κ2) is 5.68. The molecule has 0 amide bonds. The summed E-state index contributed by atoms with van der Waals surface area (Å²) >= 11 is 0.